The summed E-state index contributed by atoms with van der Waals surface area (Å²) in [7, 11) is 1.64. The molecule has 0 radical (unpaired) electrons. The maximum atomic E-state index is 12.9. The lowest BCUT2D eigenvalue weighted by molar-refractivity contribution is 0.103. The van der Waals surface area contributed by atoms with E-state index in [1.54, 1.807) is 25.5 Å². The van der Waals surface area contributed by atoms with E-state index in [4.69, 9.17) is 4.99 Å². The number of carbonyl (C=O) groups is 1. The maximum absolute atomic E-state index is 12.9. The number of ketones is 1. The average molecular weight is 315 g/mol. The Labute approximate surface area is 137 Å². The molecule has 0 aromatic carbocycles. The number of nitrogens with zero attached hydrogens (tertiary/aromatic N) is 3. The number of hydrogen-bond donors (Lipinski definition) is 0. The summed E-state index contributed by atoms with van der Waals surface area (Å²) in [4.78, 5) is 34.5. The predicted octanol–water partition coefficient (Wildman–Crippen LogP) is 2.10. The minimum Gasteiger partial charge on any atom is -0.318 e. The summed E-state index contributed by atoms with van der Waals surface area (Å²) in [5.74, 6) is -0.255. The van der Waals surface area contributed by atoms with Crippen LogP contribution in [0, 0.1) is 0 Å². The molecule has 2 aliphatic carbocycles. The number of aliphatic imine (C=N–C) groups is 1. The molecule has 0 bridgehead atoms. The number of aryl methyl sites for hydroxylation is 1. The fourth-order valence-electron chi connectivity index (χ4n) is 3.71. The van der Waals surface area contributed by atoms with Gasteiger partial charge in [0.15, 0.2) is 0 Å². The molecule has 24 heavy (non-hydrogen) atoms. The Balaban J connectivity index is 1.92. The molecular formula is C19H13N3O2. The number of rotatable bonds is 0. The molecule has 0 N–H and O–H groups in total. The van der Waals surface area contributed by atoms with Crippen LogP contribution >= 0.6 is 0 Å². The molecule has 1 atom stereocenters. The molecule has 116 valence electrons. The smallest absolute Gasteiger partial charge is 0.262 e. The van der Waals surface area contributed by atoms with Crippen molar-refractivity contribution in [1.29, 1.82) is 0 Å². The number of pyridine rings is 2. The van der Waals surface area contributed by atoms with Gasteiger partial charge in [-0.3, -0.25) is 19.6 Å². The molecule has 0 fully saturated rings. The highest BCUT2D eigenvalue weighted by Crippen LogP contribution is 2.41. The molecule has 2 aromatic heterocycles. The van der Waals surface area contributed by atoms with E-state index in [0.717, 1.165) is 23.2 Å². The Morgan fingerprint density at radius 1 is 1.21 bits per heavy atom. The zero-order valence-electron chi connectivity index (χ0n) is 13.0. The summed E-state index contributed by atoms with van der Waals surface area (Å²) in [6.45, 7) is 0. The van der Waals surface area contributed by atoms with Gasteiger partial charge in [-0.2, -0.15) is 0 Å². The lowest BCUT2D eigenvalue weighted by Gasteiger charge is -2.30. The van der Waals surface area contributed by atoms with E-state index in [0.29, 0.717) is 17.0 Å². The molecule has 3 aliphatic rings. The zero-order valence-corrected chi connectivity index (χ0v) is 13.0. The van der Waals surface area contributed by atoms with Gasteiger partial charge in [0.2, 0.25) is 5.78 Å². The fraction of sp³-hybridized carbons (Fsp3) is 0.158. The standard InChI is InChI=1S/C19H13N3O2/c1-22-9-7-12-15(19(22)24)18(23)17-14-11(6-8-20-17)10-4-2-3-5-13(10)21-16(12)14/h2,4-10H,3H2,1H3. The van der Waals surface area contributed by atoms with Crippen molar-refractivity contribution in [3.63, 3.8) is 0 Å². The number of aromatic nitrogens is 2. The van der Waals surface area contributed by atoms with Crippen LogP contribution in [-0.2, 0) is 7.05 Å². The van der Waals surface area contributed by atoms with E-state index in [1.165, 1.54) is 4.57 Å². The first-order valence-corrected chi connectivity index (χ1v) is 7.86. The van der Waals surface area contributed by atoms with Crippen molar-refractivity contribution in [1.82, 2.24) is 9.55 Å². The van der Waals surface area contributed by atoms with Gasteiger partial charge in [0.25, 0.3) is 5.56 Å². The third-order valence-corrected chi connectivity index (χ3v) is 4.87. The molecular weight excluding hydrogens is 302 g/mol. The molecule has 0 amide bonds. The van der Waals surface area contributed by atoms with E-state index in [9.17, 15) is 9.59 Å². The van der Waals surface area contributed by atoms with Gasteiger partial charge in [-0.25, -0.2) is 0 Å². The minimum absolute atomic E-state index is 0.0557. The fourth-order valence-corrected chi connectivity index (χ4v) is 3.71. The van der Waals surface area contributed by atoms with Crippen LogP contribution in [0.4, 0.5) is 0 Å². The SMILES string of the molecule is Cn1ccc2c(c1=O)C(=O)c1nccc3c1C2=NC1=CCC=CC13. The summed E-state index contributed by atoms with van der Waals surface area (Å²) in [5, 5.41) is 0. The van der Waals surface area contributed by atoms with Crippen molar-refractivity contribution >= 4 is 11.5 Å². The van der Waals surface area contributed by atoms with Crippen LogP contribution in [0.15, 0.2) is 58.2 Å². The number of allylic oxidation sites excluding steroid dienone is 3. The quantitative estimate of drug-likeness (QED) is 0.597. The second-order valence-corrected chi connectivity index (χ2v) is 6.20. The summed E-state index contributed by atoms with van der Waals surface area (Å²) in [6.07, 6.45) is 10.5. The van der Waals surface area contributed by atoms with Crippen LogP contribution < -0.4 is 5.56 Å². The van der Waals surface area contributed by atoms with Crippen LogP contribution in [-0.4, -0.2) is 21.0 Å². The number of hydrogen-bond acceptors (Lipinski definition) is 4. The first-order chi connectivity index (χ1) is 11.7. The van der Waals surface area contributed by atoms with Gasteiger partial charge in [0.05, 0.1) is 11.3 Å². The Kier molecular flexibility index (Phi) is 2.49. The van der Waals surface area contributed by atoms with E-state index < -0.39 is 0 Å². The monoisotopic (exact) mass is 315 g/mol. The topological polar surface area (TPSA) is 64.3 Å². The number of fused-ring (bicyclic) bond motifs is 4. The van der Waals surface area contributed by atoms with Crippen LogP contribution in [0.3, 0.4) is 0 Å². The Bertz CT molecular complexity index is 1090. The van der Waals surface area contributed by atoms with Crippen LogP contribution in [0.25, 0.3) is 0 Å². The lowest BCUT2D eigenvalue weighted by atomic mass is 9.77. The first-order valence-electron chi connectivity index (χ1n) is 7.86. The molecule has 0 spiro atoms. The van der Waals surface area contributed by atoms with Gasteiger partial charge >= 0.3 is 0 Å². The molecule has 1 unspecified atom stereocenters. The molecule has 3 heterocycles. The van der Waals surface area contributed by atoms with E-state index in [2.05, 4.69) is 23.2 Å². The van der Waals surface area contributed by atoms with Gasteiger partial charge in [-0.05, 0) is 24.1 Å². The highest BCUT2D eigenvalue weighted by Gasteiger charge is 2.38. The lowest BCUT2D eigenvalue weighted by Crippen LogP contribution is -2.35. The summed E-state index contributed by atoms with van der Waals surface area (Å²) >= 11 is 0. The second kappa shape index (κ2) is 4.47. The first kappa shape index (κ1) is 13.4. The molecule has 0 saturated carbocycles. The highest BCUT2D eigenvalue weighted by atomic mass is 16.1. The molecule has 2 aromatic rings. The Morgan fingerprint density at radius 2 is 2.08 bits per heavy atom. The van der Waals surface area contributed by atoms with Gasteiger partial charge in [0, 0.05) is 42.2 Å². The third kappa shape index (κ3) is 1.53. The van der Waals surface area contributed by atoms with Gasteiger partial charge in [-0.15, -0.1) is 0 Å². The van der Waals surface area contributed by atoms with Crippen LogP contribution in [0.5, 0.6) is 0 Å². The van der Waals surface area contributed by atoms with Gasteiger partial charge in [0.1, 0.15) is 5.69 Å². The Morgan fingerprint density at radius 3 is 2.96 bits per heavy atom. The largest absolute Gasteiger partial charge is 0.318 e. The van der Waals surface area contributed by atoms with Crippen molar-refractivity contribution in [2.75, 3.05) is 0 Å². The molecule has 5 heteroatoms. The average Bonchev–Trinajstić information content (AvgIpc) is 2.61. The zero-order chi connectivity index (χ0) is 16.4. The van der Waals surface area contributed by atoms with E-state index in [-0.39, 0.29) is 22.8 Å². The summed E-state index contributed by atoms with van der Waals surface area (Å²) in [6, 6.07) is 3.74. The van der Waals surface area contributed by atoms with Gasteiger partial charge < -0.3 is 4.57 Å². The second-order valence-electron chi connectivity index (χ2n) is 6.20. The molecule has 5 rings (SSSR count). The maximum Gasteiger partial charge on any atom is 0.262 e. The van der Waals surface area contributed by atoms with Gasteiger partial charge in [-0.1, -0.05) is 18.2 Å². The summed E-state index contributed by atoms with van der Waals surface area (Å²) < 4.78 is 1.42. The predicted molar refractivity (Wildman–Crippen MR) is 89.6 cm³/mol. The van der Waals surface area contributed by atoms with E-state index in [1.807, 2.05) is 6.07 Å². The highest BCUT2D eigenvalue weighted by molar-refractivity contribution is 6.30. The summed E-state index contributed by atoms with van der Waals surface area (Å²) in [5.41, 5.74) is 4.28. The third-order valence-electron chi connectivity index (χ3n) is 4.87. The van der Waals surface area contributed by atoms with Crippen LogP contribution in [0.2, 0.25) is 0 Å². The van der Waals surface area contributed by atoms with Crippen molar-refractivity contribution < 1.29 is 4.79 Å². The van der Waals surface area contributed by atoms with Crippen molar-refractivity contribution in [3.05, 3.63) is 86.8 Å². The van der Waals surface area contributed by atoms with Crippen molar-refractivity contribution in [3.8, 4) is 0 Å². The molecule has 1 aliphatic heterocycles. The van der Waals surface area contributed by atoms with Crippen molar-refractivity contribution in [2.45, 2.75) is 12.3 Å². The van der Waals surface area contributed by atoms with E-state index >= 15 is 0 Å². The minimum atomic E-state index is -0.311. The number of carbonyl (C=O) groups excluding carboxylic acids is 1. The normalized spacial score (nSPS) is 19.9. The Hall–Kier alpha value is -3.08. The van der Waals surface area contributed by atoms with Crippen molar-refractivity contribution in [2.24, 2.45) is 12.0 Å². The molecule has 5 nitrogen and oxygen atoms in total. The molecule has 0 saturated heterocycles. The van der Waals surface area contributed by atoms with Crippen LogP contribution in [0.1, 0.15) is 45.1 Å².